The molecule has 26 heavy (non-hydrogen) atoms. The monoisotopic (exact) mass is 373 g/mol. The quantitative estimate of drug-likeness (QED) is 0.829. The number of nitrogens with one attached hydrogen (secondary N) is 1. The second-order valence-electron chi connectivity index (χ2n) is 7.50. The van der Waals surface area contributed by atoms with Gasteiger partial charge in [-0.2, -0.15) is 0 Å². The molecule has 1 atom stereocenters. The SMILES string of the molecule is CC(C)c1scnc1NC(=O)N1CCCC(CO)(Cc2ccccc2)C1. The Morgan fingerprint density at radius 3 is 2.85 bits per heavy atom. The number of carbonyl (C=O) groups excluding carboxylic acids is 1. The molecule has 1 aromatic heterocycles. The maximum atomic E-state index is 12.8. The number of nitrogens with zero attached hydrogens (tertiary/aromatic N) is 2. The molecule has 5 nitrogen and oxygen atoms in total. The maximum Gasteiger partial charge on any atom is 0.323 e. The van der Waals surface area contributed by atoms with Crippen molar-refractivity contribution in [3.05, 3.63) is 46.3 Å². The molecule has 0 saturated carbocycles. The van der Waals surface area contributed by atoms with Gasteiger partial charge in [0.05, 0.1) is 17.0 Å². The van der Waals surface area contributed by atoms with Crippen molar-refractivity contribution in [2.75, 3.05) is 25.0 Å². The first kappa shape index (κ1) is 18.9. The Bertz CT molecular complexity index is 732. The molecule has 3 rings (SSSR count). The van der Waals surface area contributed by atoms with Gasteiger partial charge in [-0.05, 0) is 30.7 Å². The summed E-state index contributed by atoms with van der Waals surface area (Å²) < 4.78 is 0. The Hall–Kier alpha value is -1.92. The van der Waals surface area contributed by atoms with Gasteiger partial charge in [-0.15, -0.1) is 11.3 Å². The first-order chi connectivity index (χ1) is 12.5. The molecule has 140 valence electrons. The van der Waals surface area contributed by atoms with Crippen LogP contribution < -0.4 is 5.32 Å². The van der Waals surface area contributed by atoms with Crippen LogP contribution in [0, 0.1) is 5.41 Å². The fourth-order valence-corrected chi connectivity index (χ4v) is 4.44. The third kappa shape index (κ3) is 4.24. The number of hydrogen-bond donors (Lipinski definition) is 2. The van der Waals surface area contributed by atoms with E-state index in [9.17, 15) is 9.90 Å². The number of thiazole rings is 1. The summed E-state index contributed by atoms with van der Waals surface area (Å²) in [5.41, 5.74) is 2.69. The fraction of sp³-hybridized carbons (Fsp3) is 0.500. The van der Waals surface area contributed by atoms with Gasteiger partial charge in [-0.25, -0.2) is 9.78 Å². The number of anilines is 1. The summed E-state index contributed by atoms with van der Waals surface area (Å²) in [6, 6.07) is 10.1. The van der Waals surface area contributed by atoms with Gasteiger partial charge in [0.2, 0.25) is 0 Å². The Labute approximate surface area is 159 Å². The number of urea groups is 1. The number of aliphatic hydroxyl groups excluding tert-OH is 1. The highest BCUT2D eigenvalue weighted by atomic mass is 32.1. The molecule has 1 aliphatic heterocycles. The number of piperidine rings is 1. The second-order valence-corrected chi connectivity index (χ2v) is 8.38. The van der Waals surface area contributed by atoms with E-state index in [-0.39, 0.29) is 18.1 Å². The van der Waals surface area contributed by atoms with Crippen LogP contribution in [-0.4, -0.2) is 40.7 Å². The predicted octanol–water partition coefficient (Wildman–Crippen LogP) is 4.12. The van der Waals surface area contributed by atoms with E-state index >= 15 is 0 Å². The summed E-state index contributed by atoms with van der Waals surface area (Å²) in [5, 5.41) is 13.1. The average Bonchev–Trinajstić information content (AvgIpc) is 3.11. The largest absolute Gasteiger partial charge is 0.396 e. The van der Waals surface area contributed by atoms with Crippen LogP contribution >= 0.6 is 11.3 Å². The Morgan fingerprint density at radius 1 is 1.38 bits per heavy atom. The highest BCUT2D eigenvalue weighted by molar-refractivity contribution is 7.10. The summed E-state index contributed by atoms with van der Waals surface area (Å²) in [6.45, 7) is 5.55. The Balaban J connectivity index is 1.70. The van der Waals surface area contributed by atoms with E-state index in [2.05, 4.69) is 36.3 Å². The molecule has 1 aromatic carbocycles. The number of likely N-dealkylation sites (tertiary alicyclic amines) is 1. The summed E-state index contributed by atoms with van der Waals surface area (Å²) in [6.07, 6.45) is 2.60. The lowest BCUT2D eigenvalue weighted by Crippen LogP contribution is -2.50. The van der Waals surface area contributed by atoms with Gasteiger partial charge < -0.3 is 10.0 Å². The average molecular weight is 374 g/mol. The molecule has 6 heteroatoms. The van der Waals surface area contributed by atoms with Gasteiger partial charge in [0, 0.05) is 18.5 Å². The number of carbonyl (C=O) groups is 1. The minimum atomic E-state index is -0.278. The summed E-state index contributed by atoms with van der Waals surface area (Å²) >= 11 is 1.57. The molecule has 0 aliphatic carbocycles. The van der Waals surface area contributed by atoms with E-state index in [0.717, 1.165) is 24.1 Å². The third-order valence-electron chi connectivity index (χ3n) is 5.05. The van der Waals surface area contributed by atoms with E-state index in [1.807, 2.05) is 23.1 Å². The van der Waals surface area contributed by atoms with Crippen molar-refractivity contribution < 1.29 is 9.90 Å². The summed E-state index contributed by atoms with van der Waals surface area (Å²) in [4.78, 5) is 20.0. The van der Waals surface area contributed by atoms with Crippen LogP contribution in [0.25, 0.3) is 0 Å². The molecule has 1 aliphatic rings. The Morgan fingerprint density at radius 2 is 2.15 bits per heavy atom. The molecule has 1 saturated heterocycles. The van der Waals surface area contributed by atoms with Gasteiger partial charge in [-0.1, -0.05) is 44.2 Å². The zero-order valence-electron chi connectivity index (χ0n) is 15.4. The molecule has 0 bridgehead atoms. The second kappa shape index (κ2) is 8.18. The Kier molecular flexibility index (Phi) is 5.94. The van der Waals surface area contributed by atoms with Crippen LogP contribution in [0.2, 0.25) is 0 Å². The molecule has 1 fully saturated rings. The summed E-state index contributed by atoms with van der Waals surface area (Å²) in [7, 11) is 0. The zero-order valence-corrected chi connectivity index (χ0v) is 16.3. The molecular weight excluding hydrogens is 346 g/mol. The van der Waals surface area contributed by atoms with Crippen molar-refractivity contribution in [1.82, 2.24) is 9.88 Å². The predicted molar refractivity (Wildman–Crippen MR) is 106 cm³/mol. The van der Waals surface area contributed by atoms with Crippen molar-refractivity contribution in [3.8, 4) is 0 Å². The van der Waals surface area contributed by atoms with Crippen LogP contribution in [0.3, 0.4) is 0 Å². The highest BCUT2D eigenvalue weighted by Gasteiger charge is 2.37. The first-order valence-corrected chi connectivity index (χ1v) is 10.0. The topological polar surface area (TPSA) is 65.5 Å². The number of benzene rings is 1. The third-order valence-corrected chi connectivity index (χ3v) is 6.18. The van der Waals surface area contributed by atoms with E-state index < -0.39 is 0 Å². The van der Waals surface area contributed by atoms with Gasteiger partial charge in [0.25, 0.3) is 0 Å². The van der Waals surface area contributed by atoms with E-state index in [1.165, 1.54) is 5.56 Å². The van der Waals surface area contributed by atoms with Crippen LogP contribution in [0.1, 0.15) is 43.0 Å². The molecular formula is C20H27N3O2S. The smallest absolute Gasteiger partial charge is 0.323 e. The number of amides is 2. The molecule has 2 N–H and O–H groups in total. The van der Waals surface area contributed by atoms with Crippen molar-refractivity contribution in [2.45, 2.75) is 39.0 Å². The van der Waals surface area contributed by atoms with E-state index in [0.29, 0.717) is 24.8 Å². The number of hydrogen-bond acceptors (Lipinski definition) is 4. The number of rotatable bonds is 5. The van der Waals surface area contributed by atoms with E-state index in [1.54, 1.807) is 16.8 Å². The lowest BCUT2D eigenvalue weighted by Gasteiger charge is -2.42. The zero-order chi connectivity index (χ0) is 18.6. The van der Waals surface area contributed by atoms with Crippen LogP contribution in [0.5, 0.6) is 0 Å². The van der Waals surface area contributed by atoms with Gasteiger partial charge in [0.15, 0.2) is 0 Å². The van der Waals surface area contributed by atoms with Crippen LogP contribution in [0.4, 0.5) is 10.6 Å². The van der Waals surface area contributed by atoms with Crippen molar-refractivity contribution >= 4 is 23.2 Å². The summed E-state index contributed by atoms with van der Waals surface area (Å²) in [5.74, 6) is 0.993. The number of aromatic nitrogens is 1. The fourth-order valence-electron chi connectivity index (χ4n) is 3.68. The lowest BCUT2D eigenvalue weighted by molar-refractivity contribution is 0.0500. The normalized spacial score (nSPS) is 20.4. The first-order valence-electron chi connectivity index (χ1n) is 9.17. The maximum absolute atomic E-state index is 12.8. The molecule has 2 aromatic rings. The van der Waals surface area contributed by atoms with Crippen molar-refractivity contribution in [1.29, 1.82) is 0 Å². The number of aliphatic hydroxyl groups is 1. The van der Waals surface area contributed by atoms with Crippen LogP contribution in [0.15, 0.2) is 35.8 Å². The molecule has 0 radical (unpaired) electrons. The minimum Gasteiger partial charge on any atom is -0.396 e. The molecule has 0 spiro atoms. The molecule has 2 amide bonds. The molecule has 1 unspecified atom stereocenters. The van der Waals surface area contributed by atoms with E-state index in [4.69, 9.17) is 0 Å². The lowest BCUT2D eigenvalue weighted by atomic mass is 9.76. The van der Waals surface area contributed by atoms with Crippen molar-refractivity contribution in [2.24, 2.45) is 5.41 Å². The van der Waals surface area contributed by atoms with Gasteiger partial charge >= 0.3 is 6.03 Å². The van der Waals surface area contributed by atoms with Gasteiger partial charge in [0.1, 0.15) is 5.82 Å². The van der Waals surface area contributed by atoms with Crippen molar-refractivity contribution in [3.63, 3.8) is 0 Å². The van der Waals surface area contributed by atoms with Gasteiger partial charge in [-0.3, -0.25) is 5.32 Å². The molecule has 2 heterocycles. The highest BCUT2D eigenvalue weighted by Crippen LogP contribution is 2.34. The minimum absolute atomic E-state index is 0.0830. The standard InChI is InChI=1S/C20H27N3O2S/c1-15(2)17-18(21-14-26-17)22-19(25)23-10-6-9-20(12-23,13-24)11-16-7-4-3-5-8-16/h3-5,7-8,14-15,24H,6,9-13H2,1-2H3,(H,22,25). The van der Waals surface area contributed by atoms with Crippen LogP contribution in [-0.2, 0) is 6.42 Å².